The molecule has 0 saturated carbocycles. The second-order valence-corrected chi connectivity index (χ2v) is 8.42. The van der Waals surface area contributed by atoms with E-state index in [0.29, 0.717) is 35.9 Å². The topological polar surface area (TPSA) is 55.9 Å². The molecule has 0 radical (unpaired) electrons. The third kappa shape index (κ3) is 5.46. The van der Waals surface area contributed by atoms with E-state index in [0.717, 1.165) is 39.0 Å². The van der Waals surface area contributed by atoms with Crippen molar-refractivity contribution in [3.63, 3.8) is 0 Å². The maximum absolute atomic E-state index is 12.8. The summed E-state index contributed by atoms with van der Waals surface area (Å²) in [6.07, 6.45) is 3.41. The number of piperazine rings is 1. The van der Waals surface area contributed by atoms with E-state index in [1.54, 1.807) is 12.1 Å². The predicted octanol–water partition coefficient (Wildman–Crippen LogP) is 2.69. The number of carbonyl (C=O) groups excluding carboxylic acids is 2. The number of benzene rings is 1. The van der Waals surface area contributed by atoms with Gasteiger partial charge < -0.3 is 10.2 Å². The number of piperidine rings is 1. The summed E-state index contributed by atoms with van der Waals surface area (Å²) in [6, 6.07) is 7.92. The maximum atomic E-state index is 12.8. The average molecular weight is 407 g/mol. The van der Waals surface area contributed by atoms with Crippen LogP contribution < -0.4 is 5.32 Å². The van der Waals surface area contributed by atoms with E-state index in [2.05, 4.69) is 33.9 Å². The molecule has 28 heavy (non-hydrogen) atoms. The highest BCUT2D eigenvalue weighted by Crippen LogP contribution is 2.23. The van der Waals surface area contributed by atoms with Gasteiger partial charge in [-0.05, 0) is 45.2 Å². The number of hydrogen-bond acceptors (Lipinski definition) is 4. The average Bonchev–Trinajstić information content (AvgIpc) is 2.65. The van der Waals surface area contributed by atoms with Gasteiger partial charge >= 0.3 is 0 Å². The summed E-state index contributed by atoms with van der Waals surface area (Å²) in [7, 11) is 0. The van der Waals surface area contributed by atoms with Crippen LogP contribution in [0.3, 0.4) is 0 Å². The number of nitrogens with zero attached hydrogens (tertiary/aromatic N) is 3. The Hall–Kier alpha value is -1.63. The lowest BCUT2D eigenvalue weighted by atomic mass is 9.97. The first-order valence-corrected chi connectivity index (χ1v) is 10.6. The molecular weight excluding hydrogens is 376 g/mol. The number of rotatable bonds is 5. The molecule has 0 spiro atoms. The van der Waals surface area contributed by atoms with E-state index < -0.39 is 0 Å². The monoisotopic (exact) mass is 406 g/mol. The predicted molar refractivity (Wildman–Crippen MR) is 113 cm³/mol. The van der Waals surface area contributed by atoms with E-state index in [4.69, 9.17) is 11.6 Å². The van der Waals surface area contributed by atoms with Gasteiger partial charge in [-0.1, -0.05) is 23.7 Å². The Kier molecular flexibility index (Phi) is 7.32. The molecule has 3 rings (SSSR count). The molecule has 2 heterocycles. The molecular formula is C21H31ClN4O2. The zero-order valence-electron chi connectivity index (χ0n) is 16.9. The van der Waals surface area contributed by atoms with Crippen LogP contribution in [0.15, 0.2) is 24.3 Å². The molecule has 0 bridgehead atoms. The Labute approximate surface area is 172 Å². The van der Waals surface area contributed by atoms with Crippen molar-refractivity contribution in [2.24, 2.45) is 0 Å². The van der Waals surface area contributed by atoms with Crippen molar-refractivity contribution in [2.45, 2.75) is 45.2 Å². The first-order chi connectivity index (χ1) is 13.4. The molecule has 0 aliphatic carbocycles. The van der Waals surface area contributed by atoms with Crippen LogP contribution in [0.25, 0.3) is 0 Å². The Morgan fingerprint density at radius 1 is 1.00 bits per heavy atom. The normalized spacial score (nSPS) is 24.2. The van der Waals surface area contributed by atoms with Gasteiger partial charge in [0.15, 0.2) is 0 Å². The molecule has 6 nitrogen and oxygen atoms in total. The Balaban J connectivity index is 1.42. The molecule has 0 aromatic heterocycles. The number of anilines is 1. The second kappa shape index (κ2) is 9.72. The minimum absolute atomic E-state index is 0.0615. The van der Waals surface area contributed by atoms with Crippen molar-refractivity contribution in [1.29, 1.82) is 0 Å². The SMILES string of the molecule is C[C@@H]1CCC[C@H](C)N1C(=O)CN1CCN(CC(=O)Nc2ccccc2Cl)CC1. The lowest BCUT2D eigenvalue weighted by Crippen LogP contribution is -2.54. The first kappa shape index (κ1) is 21.1. The van der Waals surface area contributed by atoms with Gasteiger partial charge in [0.05, 0.1) is 23.8 Å². The molecule has 2 aliphatic rings. The van der Waals surface area contributed by atoms with E-state index in [9.17, 15) is 9.59 Å². The molecule has 1 aromatic carbocycles. The van der Waals surface area contributed by atoms with Crippen molar-refractivity contribution < 1.29 is 9.59 Å². The summed E-state index contributed by atoms with van der Waals surface area (Å²) >= 11 is 6.09. The fraction of sp³-hybridized carbons (Fsp3) is 0.619. The molecule has 2 amide bonds. The summed E-state index contributed by atoms with van der Waals surface area (Å²) < 4.78 is 0. The van der Waals surface area contributed by atoms with Crippen LogP contribution in [0, 0.1) is 0 Å². The van der Waals surface area contributed by atoms with Crippen molar-refractivity contribution in [3.05, 3.63) is 29.3 Å². The number of hydrogen-bond donors (Lipinski definition) is 1. The summed E-state index contributed by atoms with van der Waals surface area (Å²) in [6.45, 7) is 8.32. The number of nitrogens with one attached hydrogen (secondary N) is 1. The van der Waals surface area contributed by atoms with Crippen LogP contribution >= 0.6 is 11.6 Å². The molecule has 154 valence electrons. The zero-order valence-corrected chi connectivity index (χ0v) is 17.6. The van der Waals surface area contributed by atoms with Gasteiger partial charge in [-0.3, -0.25) is 19.4 Å². The standard InChI is InChI=1S/C21H31ClN4O2/c1-16-6-5-7-17(2)26(16)21(28)15-25-12-10-24(11-13-25)14-20(27)23-19-9-4-3-8-18(19)22/h3-4,8-9,16-17H,5-7,10-15H2,1-2H3,(H,23,27)/t16-,17+. The minimum Gasteiger partial charge on any atom is -0.336 e. The molecule has 2 fully saturated rings. The quantitative estimate of drug-likeness (QED) is 0.816. The maximum Gasteiger partial charge on any atom is 0.238 e. The summed E-state index contributed by atoms with van der Waals surface area (Å²) in [5.41, 5.74) is 0.642. The molecule has 2 atom stereocenters. The minimum atomic E-state index is -0.0615. The Morgan fingerprint density at radius 3 is 2.18 bits per heavy atom. The lowest BCUT2D eigenvalue weighted by Gasteiger charge is -2.41. The van der Waals surface area contributed by atoms with Crippen LogP contribution in [0.1, 0.15) is 33.1 Å². The summed E-state index contributed by atoms with van der Waals surface area (Å²) in [4.78, 5) is 31.5. The van der Waals surface area contributed by atoms with Crippen molar-refractivity contribution >= 4 is 29.1 Å². The number of halogens is 1. The molecule has 1 N–H and O–H groups in total. The molecule has 2 saturated heterocycles. The Bertz CT molecular complexity index is 681. The third-order valence-corrected chi connectivity index (χ3v) is 6.15. The third-order valence-electron chi connectivity index (χ3n) is 5.82. The van der Waals surface area contributed by atoms with Crippen LogP contribution in [-0.2, 0) is 9.59 Å². The second-order valence-electron chi connectivity index (χ2n) is 8.01. The first-order valence-electron chi connectivity index (χ1n) is 10.2. The summed E-state index contributed by atoms with van der Waals surface area (Å²) in [5, 5.41) is 3.41. The lowest BCUT2D eigenvalue weighted by molar-refractivity contribution is -0.139. The zero-order chi connectivity index (χ0) is 20.1. The van der Waals surface area contributed by atoms with Gasteiger partial charge in [0, 0.05) is 38.3 Å². The van der Waals surface area contributed by atoms with Gasteiger partial charge in [0.2, 0.25) is 11.8 Å². The van der Waals surface area contributed by atoms with Crippen LogP contribution in [0.5, 0.6) is 0 Å². The largest absolute Gasteiger partial charge is 0.336 e. The van der Waals surface area contributed by atoms with E-state index in [-0.39, 0.29) is 11.8 Å². The number of likely N-dealkylation sites (tertiary alicyclic amines) is 1. The van der Waals surface area contributed by atoms with Crippen molar-refractivity contribution in [3.8, 4) is 0 Å². The van der Waals surface area contributed by atoms with Gasteiger partial charge in [-0.2, -0.15) is 0 Å². The van der Waals surface area contributed by atoms with Gasteiger partial charge in [0.1, 0.15) is 0 Å². The van der Waals surface area contributed by atoms with Crippen molar-refractivity contribution in [1.82, 2.24) is 14.7 Å². The fourth-order valence-corrected chi connectivity index (χ4v) is 4.43. The highest BCUT2D eigenvalue weighted by molar-refractivity contribution is 6.33. The van der Waals surface area contributed by atoms with Crippen LogP contribution in [0.2, 0.25) is 5.02 Å². The van der Waals surface area contributed by atoms with E-state index in [1.165, 1.54) is 6.42 Å². The van der Waals surface area contributed by atoms with Crippen LogP contribution in [0.4, 0.5) is 5.69 Å². The van der Waals surface area contributed by atoms with E-state index in [1.807, 2.05) is 12.1 Å². The highest BCUT2D eigenvalue weighted by Gasteiger charge is 2.30. The highest BCUT2D eigenvalue weighted by atomic mass is 35.5. The number of carbonyl (C=O) groups is 2. The smallest absolute Gasteiger partial charge is 0.238 e. The van der Waals surface area contributed by atoms with Gasteiger partial charge in [0.25, 0.3) is 0 Å². The molecule has 0 unspecified atom stereocenters. The van der Waals surface area contributed by atoms with Crippen molar-refractivity contribution in [2.75, 3.05) is 44.6 Å². The van der Waals surface area contributed by atoms with Gasteiger partial charge in [-0.25, -0.2) is 0 Å². The molecule has 2 aliphatic heterocycles. The number of amides is 2. The fourth-order valence-electron chi connectivity index (χ4n) is 4.25. The Morgan fingerprint density at radius 2 is 1.57 bits per heavy atom. The number of para-hydroxylation sites is 1. The van der Waals surface area contributed by atoms with Crippen LogP contribution in [-0.4, -0.2) is 77.9 Å². The van der Waals surface area contributed by atoms with E-state index >= 15 is 0 Å². The summed E-state index contributed by atoms with van der Waals surface area (Å²) in [5.74, 6) is 0.179. The molecule has 7 heteroatoms. The van der Waals surface area contributed by atoms with Gasteiger partial charge in [-0.15, -0.1) is 0 Å². The molecule has 1 aromatic rings.